The molecule has 2 heterocycles. The highest BCUT2D eigenvalue weighted by molar-refractivity contribution is 9.10. The molecule has 3 N–H and O–H groups in total. The molecule has 10 heteroatoms. The van der Waals surface area contributed by atoms with Gasteiger partial charge in [-0.2, -0.15) is 0 Å². The molecule has 0 bridgehead atoms. The molecule has 1 aliphatic rings. The number of hydrogen-bond donors (Lipinski definition) is 3. The smallest absolute Gasteiger partial charge is 0.406 e. The molecule has 0 saturated carbocycles. The van der Waals surface area contributed by atoms with E-state index in [1.165, 1.54) is 6.07 Å². The second-order valence-corrected chi connectivity index (χ2v) is 8.44. The van der Waals surface area contributed by atoms with Crippen molar-refractivity contribution in [2.45, 2.75) is 18.0 Å². The highest BCUT2D eigenvalue weighted by atomic mass is 79.9. The van der Waals surface area contributed by atoms with Crippen LogP contribution in [0.3, 0.4) is 0 Å². The highest BCUT2D eigenvalue weighted by Gasteiger charge is 2.26. The number of hydrogen-bond acceptors (Lipinski definition) is 5. The lowest BCUT2D eigenvalue weighted by Gasteiger charge is -2.12. The van der Waals surface area contributed by atoms with Gasteiger partial charge in [0.1, 0.15) is 9.92 Å². The number of halogens is 2. The predicted octanol–water partition coefficient (Wildman–Crippen LogP) is 2.94. The average Bonchev–Trinajstić information content (AvgIpc) is 3.11. The Morgan fingerprint density at radius 3 is 2.76 bits per heavy atom. The maximum atomic E-state index is 12.8. The largest absolute Gasteiger partial charge is 0.417 e. The van der Waals surface area contributed by atoms with E-state index in [2.05, 4.69) is 31.0 Å². The molecule has 0 radical (unpaired) electrons. The number of aromatic amines is 1. The van der Waals surface area contributed by atoms with Gasteiger partial charge in [-0.05, 0) is 45.3 Å². The molecule has 0 aliphatic carbocycles. The summed E-state index contributed by atoms with van der Waals surface area (Å²) < 4.78 is 33.3. The second-order valence-electron chi connectivity index (χ2n) is 5.59. The number of rotatable bonds is 3. The first-order chi connectivity index (χ1) is 11.8. The molecule has 0 unspecified atom stereocenters. The van der Waals surface area contributed by atoms with Crippen LogP contribution >= 0.6 is 27.5 Å². The van der Waals surface area contributed by atoms with Crippen molar-refractivity contribution < 1.29 is 12.8 Å². The fraction of sp³-hybridized carbons (Fsp3) is 0.133. The van der Waals surface area contributed by atoms with Crippen LogP contribution in [0.2, 0.25) is 5.02 Å². The van der Waals surface area contributed by atoms with E-state index in [1.807, 2.05) is 6.07 Å². The average molecular weight is 445 g/mol. The van der Waals surface area contributed by atoms with E-state index < -0.39 is 15.8 Å². The van der Waals surface area contributed by atoms with Crippen LogP contribution in [-0.2, 0) is 23.1 Å². The molecular weight excluding hydrogens is 434 g/mol. The Hall–Kier alpha value is -1.81. The molecule has 3 aromatic rings. The van der Waals surface area contributed by atoms with Gasteiger partial charge >= 0.3 is 5.76 Å². The van der Waals surface area contributed by atoms with Gasteiger partial charge in [-0.1, -0.05) is 17.7 Å². The maximum absolute atomic E-state index is 12.8. The summed E-state index contributed by atoms with van der Waals surface area (Å²) in [5, 5.41) is 3.03. The molecule has 0 atom stereocenters. The number of sulfonamides is 1. The molecule has 2 aromatic carbocycles. The number of anilines is 1. The number of aromatic nitrogens is 1. The second kappa shape index (κ2) is 5.87. The molecule has 1 aliphatic heterocycles. The minimum atomic E-state index is -4.00. The van der Waals surface area contributed by atoms with Crippen molar-refractivity contribution in [1.29, 1.82) is 0 Å². The van der Waals surface area contributed by atoms with Crippen LogP contribution in [0.4, 0.5) is 5.69 Å². The summed E-state index contributed by atoms with van der Waals surface area (Å²) in [6, 6.07) is 6.79. The molecule has 0 saturated heterocycles. The molecule has 25 heavy (non-hydrogen) atoms. The van der Waals surface area contributed by atoms with Crippen LogP contribution in [0, 0.1) is 0 Å². The first-order valence-corrected chi connectivity index (χ1v) is 9.87. The fourth-order valence-corrected chi connectivity index (χ4v) is 5.73. The zero-order chi connectivity index (χ0) is 17.8. The van der Waals surface area contributed by atoms with Gasteiger partial charge < -0.3 is 9.73 Å². The van der Waals surface area contributed by atoms with Crippen LogP contribution in [0.15, 0.2) is 42.8 Å². The topological polar surface area (TPSA) is 104 Å². The summed E-state index contributed by atoms with van der Waals surface area (Å²) in [6.07, 6.45) is 0. The Bertz CT molecular complexity index is 1170. The standard InChI is InChI=1S/C15H11BrClN3O4S/c16-10-4-11-13(24-15(21)19-11)12(17)14(10)25(22,23)20-9-2-1-7-5-18-6-8(7)3-9/h1-4,18,20H,5-6H2,(H,19,21). The maximum Gasteiger partial charge on any atom is 0.417 e. The van der Waals surface area contributed by atoms with E-state index in [0.29, 0.717) is 17.7 Å². The SMILES string of the molecule is O=c1[nH]c2cc(Br)c(S(=O)(=O)Nc3ccc4c(c3)CNC4)c(Cl)c2o1. The van der Waals surface area contributed by atoms with Crippen LogP contribution in [0.25, 0.3) is 11.1 Å². The molecule has 7 nitrogen and oxygen atoms in total. The summed E-state index contributed by atoms with van der Waals surface area (Å²) in [4.78, 5) is 13.6. The fourth-order valence-electron chi connectivity index (χ4n) is 2.82. The van der Waals surface area contributed by atoms with Crippen molar-refractivity contribution in [3.63, 3.8) is 0 Å². The van der Waals surface area contributed by atoms with E-state index in [1.54, 1.807) is 12.1 Å². The number of H-pyrrole nitrogens is 1. The van der Waals surface area contributed by atoms with E-state index >= 15 is 0 Å². The van der Waals surface area contributed by atoms with Gasteiger partial charge in [0.05, 0.1) is 5.52 Å². The Kier molecular flexibility index (Phi) is 3.91. The van der Waals surface area contributed by atoms with Gasteiger partial charge in [0, 0.05) is 23.2 Å². The van der Waals surface area contributed by atoms with Gasteiger partial charge in [0.2, 0.25) is 0 Å². The number of oxazole rings is 1. The zero-order valence-corrected chi connectivity index (χ0v) is 15.7. The summed E-state index contributed by atoms with van der Waals surface area (Å²) in [5.74, 6) is -0.711. The van der Waals surface area contributed by atoms with Gasteiger partial charge in [0.15, 0.2) is 5.58 Å². The molecule has 4 rings (SSSR count). The van der Waals surface area contributed by atoms with Crippen molar-refractivity contribution in [3.8, 4) is 0 Å². The molecule has 130 valence electrons. The van der Waals surface area contributed by atoms with Crippen LogP contribution in [0.5, 0.6) is 0 Å². The van der Waals surface area contributed by atoms with Gasteiger partial charge in [-0.15, -0.1) is 0 Å². The number of benzene rings is 2. The summed E-state index contributed by atoms with van der Waals surface area (Å²) in [6.45, 7) is 1.46. The van der Waals surface area contributed by atoms with E-state index in [0.717, 1.165) is 17.7 Å². The molecular formula is C15H11BrClN3O4S. The first kappa shape index (κ1) is 16.6. The van der Waals surface area contributed by atoms with Gasteiger partial charge in [0.25, 0.3) is 10.0 Å². The zero-order valence-electron chi connectivity index (χ0n) is 12.5. The lowest BCUT2D eigenvalue weighted by Crippen LogP contribution is -2.14. The minimum absolute atomic E-state index is 0.00612. The van der Waals surface area contributed by atoms with Gasteiger partial charge in [-0.3, -0.25) is 9.71 Å². The monoisotopic (exact) mass is 443 g/mol. The molecule has 0 fully saturated rings. The van der Waals surface area contributed by atoms with Crippen molar-refractivity contribution in [3.05, 3.63) is 55.4 Å². The predicted molar refractivity (Wildman–Crippen MR) is 97.3 cm³/mol. The van der Waals surface area contributed by atoms with Crippen molar-refractivity contribution in [2.75, 3.05) is 4.72 Å². The third-order valence-electron chi connectivity index (χ3n) is 3.92. The van der Waals surface area contributed by atoms with Crippen molar-refractivity contribution in [1.82, 2.24) is 10.3 Å². The third-order valence-corrected chi connectivity index (χ3v) is 6.75. The van der Waals surface area contributed by atoms with E-state index in [4.69, 9.17) is 16.0 Å². The molecule has 0 spiro atoms. The minimum Gasteiger partial charge on any atom is -0.406 e. The quantitative estimate of drug-likeness (QED) is 0.576. The van der Waals surface area contributed by atoms with E-state index in [-0.39, 0.29) is 20.0 Å². The summed E-state index contributed by atoms with van der Waals surface area (Å²) in [5.41, 5.74) is 2.91. The van der Waals surface area contributed by atoms with E-state index in [9.17, 15) is 13.2 Å². The summed E-state index contributed by atoms with van der Waals surface area (Å²) in [7, 11) is -4.00. The number of nitrogens with one attached hydrogen (secondary N) is 3. The molecule has 1 aromatic heterocycles. The lowest BCUT2D eigenvalue weighted by atomic mass is 10.1. The normalized spacial score (nSPS) is 14.0. The highest BCUT2D eigenvalue weighted by Crippen LogP contribution is 2.36. The Balaban J connectivity index is 1.80. The van der Waals surface area contributed by atoms with Gasteiger partial charge in [-0.25, -0.2) is 13.2 Å². The van der Waals surface area contributed by atoms with Crippen LogP contribution in [0.1, 0.15) is 11.1 Å². The Labute approximate surface area is 155 Å². The van der Waals surface area contributed by atoms with Crippen LogP contribution in [-0.4, -0.2) is 13.4 Å². The number of fused-ring (bicyclic) bond motifs is 2. The summed E-state index contributed by atoms with van der Waals surface area (Å²) >= 11 is 9.39. The van der Waals surface area contributed by atoms with Crippen LogP contribution < -0.4 is 15.8 Å². The lowest BCUT2D eigenvalue weighted by molar-refractivity contribution is 0.554. The Morgan fingerprint density at radius 1 is 1.20 bits per heavy atom. The molecule has 0 amide bonds. The first-order valence-electron chi connectivity index (χ1n) is 7.21. The van der Waals surface area contributed by atoms with Crippen molar-refractivity contribution >= 4 is 54.3 Å². The Morgan fingerprint density at radius 2 is 1.96 bits per heavy atom. The van der Waals surface area contributed by atoms with Crippen molar-refractivity contribution in [2.24, 2.45) is 0 Å². The third kappa shape index (κ3) is 2.86.